The van der Waals surface area contributed by atoms with E-state index in [1.807, 2.05) is 48.5 Å². The van der Waals surface area contributed by atoms with Crippen molar-refractivity contribution in [2.75, 3.05) is 37.8 Å². The molecule has 0 bridgehead atoms. The zero-order chi connectivity index (χ0) is 55.0. The van der Waals surface area contributed by atoms with E-state index in [0.717, 1.165) is 98.6 Å². The Morgan fingerprint density at radius 1 is 0.423 bits per heavy atom. The predicted molar refractivity (Wildman–Crippen MR) is 314 cm³/mol. The molecule has 0 saturated carbocycles. The third kappa shape index (κ3) is 21.4. The van der Waals surface area contributed by atoms with Crippen LogP contribution in [0, 0.1) is 5.92 Å². The molecule has 4 aromatic rings. The normalized spacial score (nSPS) is 13.2. The molecule has 0 unspecified atom stereocenters. The van der Waals surface area contributed by atoms with Gasteiger partial charge in [0.1, 0.15) is 19.3 Å². The Morgan fingerprint density at radius 3 is 1.18 bits per heavy atom. The van der Waals surface area contributed by atoms with Crippen molar-refractivity contribution in [1.29, 1.82) is 0 Å². The third-order valence-electron chi connectivity index (χ3n) is 15.6. The quantitative estimate of drug-likeness (QED) is 0.0268. The highest BCUT2D eigenvalue weighted by Gasteiger charge is 2.31. The maximum Gasteiger partial charge on any atom is 0.407 e. The molecule has 0 heterocycles. The summed E-state index contributed by atoms with van der Waals surface area (Å²) in [6.45, 7) is 1.33. The van der Waals surface area contributed by atoms with Gasteiger partial charge in [0.2, 0.25) is 5.91 Å². The molecule has 3 amide bonds. The van der Waals surface area contributed by atoms with Crippen molar-refractivity contribution in [2.45, 2.75) is 185 Å². The van der Waals surface area contributed by atoms with Gasteiger partial charge < -0.3 is 35.6 Å². The summed E-state index contributed by atoms with van der Waals surface area (Å²) in [5.41, 5.74) is 9.28. The fourth-order valence-electron chi connectivity index (χ4n) is 11.3. The molecular formula is C65H89N3O9S. The molecule has 2 atom stereocenters. The highest BCUT2D eigenvalue weighted by atomic mass is 32.2. The zero-order valence-electron chi connectivity index (χ0n) is 46.3. The molecule has 0 saturated heterocycles. The molecule has 2 aliphatic carbocycles. The third-order valence-corrected chi connectivity index (χ3v) is 16.9. The van der Waals surface area contributed by atoms with E-state index in [9.17, 15) is 24.0 Å². The molecular weight excluding hydrogens is 999 g/mol. The Hall–Kier alpha value is -5.82. The van der Waals surface area contributed by atoms with E-state index in [1.165, 1.54) is 99.3 Å². The molecule has 6 rings (SSSR count). The molecule has 0 spiro atoms. The first kappa shape index (κ1) is 61.4. The van der Waals surface area contributed by atoms with Gasteiger partial charge in [-0.2, -0.15) is 11.8 Å². The van der Waals surface area contributed by atoms with Crippen molar-refractivity contribution in [2.24, 2.45) is 5.92 Å². The van der Waals surface area contributed by atoms with Crippen LogP contribution in [0.25, 0.3) is 22.3 Å². The number of benzene rings is 4. The first-order chi connectivity index (χ1) is 38.2. The summed E-state index contributed by atoms with van der Waals surface area (Å²) >= 11 is 1.74. The number of carboxylic acids is 2. The highest BCUT2D eigenvalue weighted by molar-refractivity contribution is 7.99. The van der Waals surface area contributed by atoms with Crippen LogP contribution in [0.15, 0.2) is 97.1 Å². The van der Waals surface area contributed by atoms with Crippen LogP contribution in [-0.2, 0) is 23.9 Å². The maximum atomic E-state index is 13.9. The van der Waals surface area contributed by atoms with Gasteiger partial charge in [0.25, 0.3) is 0 Å². The van der Waals surface area contributed by atoms with Gasteiger partial charge in [-0.25, -0.2) is 9.59 Å². The number of nitrogens with one attached hydrogen (secondary N) is 3. The average Bonchev–Trinajstić information content (AvgIpc) is 4.11. The topological polar surface area (TPSA) is 180 Å². The number of alkyl carbamates (subject to hydrolysis) is 2. The van der Waals surface area contributed by atoms with Gasteiger partial charge in [-0.05, 0) is 101 Å². The highest BCUT2D eigenvalue weighted by Crippen LogP contribution is 2.46. The van der Waals surface area contributed by atoms with Crippen LogP contribution in [0.3, 0.4) is 0 Å². The largest absolute Gasteiger partial charge is 0.481 e. The molecule has 12 nitrogen and oxygen atoms in total. The summed E-state index contributed by atoms with van der Waals surface area (Å²) in [4.78, 5) is 62.0. The summed E-state index contributed by atoms with van der Waals surface area (Å²) in [7, 11) is 0. The molecule has 13 heteroatoms. The van der Waals surface area contributed by atoms with Crippen LogP contribution in [0.4, 0.5) is 9.59 Å². The monoisotopic (exact) mass is 1090 g/mol. The van der Waals surface area contributed by atoms with Gasteiger partial charge in [0.05, 0.1) is 0 Å². The molecule has 424 valence electrons. The van der Waals surface area contributed by atoms with Crippen LogP contribution < -0.4 is 16.0 Å². The molecule has 5 N–H and O–H groups in total. The second-order valence-corrected chi connectivity index (χ2v) is 22.7. The average molecular weight is 1090 g/mol. The van der Waals surface area contributed by atoms with Crippen molar-refractivity contribution in [3.8, 4) is 22.3 Å². The maximum absolute atomic E-state index is 13.9. The lowest BCUT2D eigenvalue weighted by molar-refractivity contribution is -0.138. The molecule has 78 heavy (non-hydrogen) atoms. The van der Waals surface area contributed by atoms with Crippen LogP contribution in [-0.4, -0.2) is 84.1 Å². The number of unbranched alkanes of at least 4 members (excludes halogenated alkanes) is 19. The fraction of sp³-hybridized carbons (Fsp3) is 0.554. The van der Waals surface area contributed by atoms with Crippen LogP contribution in [0.2, 0.25) is 0 Å². The second-order valence-electron chi connectivity index (χ2n) is 21.6. The number of carbonyl (C=O) groups excluding carboxylic acids is 3. The standard InChI is InChI=1S/C65H89N3O9S/c69-61(70)41-19-14-10-6-2-1-4-8-12-17-31-49(32-18-13-9-5-3-7-11-15-20-42-62(71)72)47-78-48-60(68-65(75)77-46-59-56-39-27-23-35-52(56)53-36-24-28-40-57(53)59)63(73)66-43-29-16-30-44-67-64(74)76-45-58-54-37-25-21-33-50(54)51-34-22-26-38-55(51)58/h21-28,33-40,49,58-60H,1-20,29-32,41-48H2,(H,66,73)(H,67,74)(H,68,75)(H,69,70)(H,71,72)/t49-,60+/m1/s1. The van der Waals surface area contributed by atoms with E-state index in [2.05, 4.69) is 64.5 Å². The van der Waals surface area contributed by atoms with E-state index in [0.29, 0.717) is 31.2 Å². The molecule has 0 radical (unpaired) electrons. The lowest BCUT2D eigenvalue weighted by Gasteiger charge is -2.21. The zero-order valence-corrected chi connectivity index (χ0v) is 47.2. The minimum absolute atomic E-state index is 0.000505. The number of ether oxygens (including phenoxy) is 2. The number of amides is 3. The van der Waals surface area contributed by atoms with Gasteiger partial charge in [0.15, 0.2) is 0 Å². The second kappa shape index (κ2) is 35.6. The van der Waals surface area contributed by atoms with Gasteiger partial charge in [-0.15, -0.1) is 0 Å². The molecule has 4 aromatic carbocycles. The number of carbonyl (C=O) groups is 5. The first-order valence-corrected chi connectivity index (χ1v) is 30.8. The van der Waals surface area contributed by atoms with E-state index >= 15 is 0 Å². The minimum atomic E-state index is -0.775. The van der Waals surface area contributed by atoms with E-state index in [-0.39, 0.29) is 43.8 Å². The smallest absolute Gasteiger partial charge is 0.407 e. The number of hydrogen-bond acceptors (Lipinski definition) is 8. The van der Waals surface area contributed by atoms with Gasteiger partial charge in [-0.1, -0.05) is 206 Å². The summed E-state index contributed by atoms with van der Waals surface area (Å²) in [5, 5.41) is 26.7. The molecule has 2 aliphatic rings. The van der Waals surface area contributed by atoms with Crippen LogP contribution >= 0.6 is 11.8 Å². The molecule has 0 aliphatic heterocycles. The Morgan fingerprint density at radius 2 is 0.769 bits per heavy atom. The van der Waals surface area contributed by atoms with Crippen molar-refractivity contribution in [3.05, 3.63) is 119 Å². The lowest BCUT2D eigenvalue weighted by Crippen LogP contribution is -2.49. The SMILES string of the molecule is O=C(O)CCCCCCCCCCCC[C@H](CCCCCCCCCCCC(=O)O)CSC[C@H](NC(=O)OCC1c2ccccc2-c2ccccc21)C(=O)NCCCCCNC(=O)OCC1c2ccccc2-c2ccccc21. The number of rotatable bonds is 41. The fourth-order valence-corrected chi connectivity index (χ4v) is 12.6. The van der Waals surface area contributed by atoms with E-state index in [4.69, 9.17) is 19.7 Å². The van der Waals surface area contributed by atoms with Crippen molar-refractivity contribution < 1.29 is 43.7 Å². The van der Waals surface area contributed by atoms with E-state index < -0.39 is 30.2 Å². The first-order valence-electron chi connectivity index (χ1n) is 29.7. The number of hydrogen-bond donors (Lipinski definition) is 5. The number of aliphatic carboxylic acids is 2. The minimum Gasteiger partial charge on any atom is -0.481 e. The van der Waals surface area contributed by atoms with Gasteiger partial charge in [0, 0.05) is 43.5 Å². The number of fused-ring (bicyclic) bond motifs is 6. The Labute approximate surface area is 469 Å². The lowest BCUT2D eigenvalue weighted by atomic mass is 9.95. The summed E-state index contributed by atoms with van der Waals surface area (Å²) in [6.07, 6.45) is 25.3. The number of thioether (sulfide) groups is 1. The summed E-state index contributed by atoms with van der Waals surface area (Å²) in [5.74, 6) is 0.102. The predicted octanol–water partition coefficient (Wildman–Crippen LogP) is 15.2. The Kier molecular flexibility index (Phi) is 28.1. The van der Waals surface area contributed by atoms with Crippen molar-refractivity contribution in [3.63, 3.8) is 0 Å². The summed E-state index contributed by atoms with van der Waals surface area (Å²) in [6, 6.07) is 32.3. The molecule has 0 aromatic heterocycles. The number of carboxylic acid groups (broad SMARTS) is 2. The summed E-state index contributed by atoms with van der Waals surface area (Å²) < 4.78 is 11.7. The van der Waals surface area contributed by atoms with Crippen molar-refractivity contribution in [1.82, 2.24) is 16.0 Å². The van der Waals surface area contributed by atoms with Crippen molar-refractivity contribution >= 4 is 41.8 Å². The van der Waals surface area contributed by atoms with Gasteiger partial charge >= 0.3 is 24.1 Å². The molecule has 0 fully saturated rings. The van der Waals surface area contributed by atoms with E-state index in [1.54, 1.807) is 11.8 Å². The van der Waals surface area contributed by atoms with Crippen LogP contribution in [0.1, 0.15) is 201 Å². The van der Waals surface area contributed by atoms with Gasteiger partial charge in [-0.3, -0.25) is 14.4 Å². The van der Waals surface area contributed by atoms with Crippen LogP contribution in [0.5, 0.6) is 0 Å². The Balaban J connectivity index is 0.950. The Bertz CT molecular complexity index is 2360.